The molecule has 1 aliphatic rings. The Labute approximate surface area is 161 Å². The van der Waals surface area contributed by atoms with Crippen LogP contribution in [0.25, 0.3) is 16.8 Å². The van der Waals surface area contributed by atoms with E-state index in [2.05, 4.69) is 109 Å². The summed E-state index contributed by atoms with van der Waals surface area (Å²) in [5.74, 6) is 0. The molecule has 0 radical (unpaired) electrons. The Kier molecular flexibility index (Phi) is 4.15. The molecule has 128 valence electrons. The fraction of sp³-hybridized carbons (Fsp3) is 0.0385. The van der Waals surface area contributed by atoms with Crippen molar-refractivity contribution in [1.82, 2.24) is 0 Å². The molecule has 0 fully saturated rings. The number of allylic oxidation sites excluding steroid dienone is 1. The van der Waals surface area contributed by atoms with Gasteiger partial charge in [-0.3, -0.25) is 0 Å². The molecule has 0 nitrogen and oxygen atoms in total. The van der Waals surface area contributed by atoms with Crippen molar-refractivity contribution in [2.45, 2.75) is 6.42 Å². The average molecular weight is 361 g/mol. The predicted octanol–water partition coefficient (Wildman–Crippen LogP) is 4.47. The minimum atomic E-state index is -0.946. The molecule has 0 bridgehead atoms. The Balaban J connectivity index is 1.60. The number of rotatable bonds is 3. The van der Waals surface area contributed by atoms with E-state index in [4.69, 9.17) is 0 Å². The van der Waals surface area contributed by atoms with Crippen LogP contribution in [0, 0.1) is 0 Å². The van der Waals surface area contributed by atoms with Crippen LogP contribution in [-0.4, -0.2) is 14.1 Å². The van der Waals surface area contributed by atoms with Gasteiger partial charge in [-0.15, -0.1) is 0 Å². The number of fused-ring (bicyclic) bond motifs is 3. The van der Waals surface area contributed by atoms with Gasteiger partial charge in [0.05, 0.1) is 8.41 Å². The number of hydrogen-bond donors (Lipinski definition) is 0. The molecule has 0 heterocycles. The fourth-order valence-corrected chi connectivity index (χ4v) is 6.31. The third-order valence-electron chi connectivity index (χ3n) is 5.30. The van der Waals surface area contributed by atoms with Crippen LogP contribution in [0.3, 0.4) is 0 Å². The van der Waals surface area contributed by atoms with E-state index in [1.54, 1.807) is 0 Å². The molecule has 0 amide bonds. The second kappa shape index (κ2) is 6.94. The Bertz CT molecular complexity index is 1130. The Morgan fingerprint density at radius 1 is 0.630 bits per heavy atom. The predicted molar refractivity (Wildman–Crippen MR) is 120 cm³/mol. The second-order valence-electron chi connectivity index (χ2n) is 7.04. The zero-order valence-corrected chi connectivity index (χ0v) is 16.1. The van der Waals surface area contributed by atoms with Gasteiger partial charge in [-0.1, -0.05) is 109 Å². The van der Waals surface area contributed by atoms with Gasteiger partial charge >= 0.3 is 0 Å². The van der Waals surface area contributed by atoms with E-state index >= 15 is 0 Å². The lowest BCUT2D eigenvalue weighted by molar-refractivity contribution is 1.31. The largest absolute Gasteiger partial charge is 0.0803 e. The van der Waals surface area contributed by atoms with Gasteiger partial charge in [-0.25, -0.2) is 0 Å². The summed E-state index contributed by atoms with van der Waals surface area (Å²) in [5.41, 5.74) is 6.84. The molecular formula is C26H20Si. The van der Waals surface area contributed by atoms with Crippen molar-refractivity contribution in [2.75, 3.05) is 0 Å². The highest BCUT2D eigenvalue weighted by Gasteiger charge is 2.16. The van der Waals surface area contributed by atoms with Crippen LogP contribution in [0.2, 0.25) is 0 Å². The Morgan fingerprint density at radius 3 is 1.96 bits per heavy atom. The maximum Gasteiger partial charge on any atom is 0.0803 e. The van der Waals surface area contributed by atoms with Crippen LogP contribution in [0.4, 0.5) is 0 Å². The van der Waals surface area contributed by atoms with Crippen molar-refractivity contribution < 1.29 is 0 Å². The lowest BCUT2D eigenvalue weighted by Crippen LogP contribution is -2.36. The summed E-state index contributed by atoms with van der Waals surface area (Å²) in [5, 5.41) is 5.61. The molecule has 1 aliphatic carbocycles. The van der Waals surface area contributed by atoms with Gasteiger partial charge in [0.2, 0.25) is 0 Å². The maximum absolute atomic E-state index is 2.55. The molecule has 0 saturated carbocycles. The number of benzene rings is 4. The minimum absolute atomic E-state index is 0.946. The van der Waals surface area contributed by atoms with Gasteiger partial charge < -0.3 is 0 Å². The normalized spacial score (nSPS) is 12.5. The molecule has 27 heavy (non-hydrogen) atoms. The topological polar surface area (TPSA) is 0 Å². The van der Waals surface area contributed by atoms with E-state index in [1.807, 2.05) is 0 Å². The maximum atomic E-state index is 2.55. The molecule has 0 aliphatic heterocycles. The first kappa shape index (κ1) is 16.2. The SMILES string of the molecule is C1=C(C=[Si](c2ccccc2)c2ccccc2)Cc2c1ccc1ccccc21. The molecule has 4 aromatic carbocycles. The van der Waals surface area contributed by atoms with Gasteiger partial charge in [-0.05, 0) is 44.3 Å². The third kappa shape index (κ3) is 3.11. The zero-order valence-electron chi connectivity index (χ0n) is 15.1. The molecule has 0 atom stereocenters. The Morgan fingerprint density at radius 2 is 1.26 bits per heavy atom. The Hall–Kier alpha value is -3.03. The molecule has 4 aromatic rings. The minimum Gasteiger partial charge on any atom is -0.0696 e. The van der Waals surface area contributed by atoms with Crippen molar-refractivity contribution >= 4 is 41.3 Å². The van der Waals surface area contributed by atoms with Crippen molar-refractivity contribution in [3.8, 4) is 0 Å². The zero-order chi connectivity index (χ0) is 18.1. The summed E-state index contributed by atoms with van der Waals surface area (Å²) in [7, 11) is -0.946. The summed E-state index contributed by atoms with van der Waals surface area (Å²) in [6.07, 6.45) is 3.42. The smallest absolute Gasteiger partial charge is 0.0696 e. The molecule has 0 aromatic heterocycles. The van der Waals surface area contributed by atoms with Crippen molar-refractivity contribution in [3.63, 3.8) is 0 Å². The number of hydrogen-bond acceptors (Lipinski definition) is 0. The molecule has 0 spiro atoms. The standard InChI is InChI=1S/C26H20Si/c1-3-10-23(11-4-1)27(24-12-5-2-6-13-24)19-20-17-22-16-15-21-9-7-8-14-25(21)26(22)18-20/h1-17,19H,18H2. The van der Waals surface area contributed by atoms with E-state index in [-0.39, 0.29) is 0 Å². The van der Waals surface area contributed by atoms with Gasteiger partial charge in [0.1, 0.15) is 0 Å². The summed E-state index contributed by atoms with van der Waals surface area (Å²) < 4.78 is 0. The van der Waals surface area contributed by atoms with Crippen LogP contribution < -0.4 is 10.4 Å². The van der Waals surface area contributed by atoms with Gasteiger partial charge in [0.25, 0.3) is 0 Å². The van der Waals surface area contributed by atoms with Crippen molar-refractivity contribution in [3.05, 3.63) is 114 Å². The van der Waals surface area contributed by atoms with Crippen LogP contribution in [0.1, 0.15) is 11.1 Å². The highest BCUT2D eigenvalue weighted by atomic mass is 28.2. The molecule has 0 saturated heterocycles. The highest BCUT2D eigenvalue weighted by Crippen LogP contribution is 2.31. The molecule has 0 N–H and O–H groups in total. The van der Waals surface area contributed by atoms with Gasteiger partial charge in [0.15, 0.2) is 0 Å². The summed E-state index contributed by atoms with van der Waals surface area (Å²) in [6, 6.07) is 35.2. The van der Waals surface area contributed by atoms with E-state index < -0.39 is 8.41 Å². The van der Waals surface area contributed by atoms with Gasteiger partial charge in [-0.2, -0.15) is 0 Å². The van der Waals surface area contributed by atoms with Crippen LogP contribution in [-0.2, 0) is 6.42 Å². The average Bonchev–Trinajstić information content (AvgIpc) is 3.17. The lowest BCUT2D eigenvalue weighted by atomic mass is 10.0. The quantitative estimate of drug-likeness (QED) is 0.473. The van der Waals surface area contributed by atoms with Gasteiger partial charge in [0, 0.05) is 0 Å². The highest BCUT2D eigenvalue weighted by molar-refractivity contribution is 6.90. The van der Waals surface area contributed by atoms with E-state index in [0.29, 0.717) is 0 Å². The van der Waals surface area contributed by atoms with Crippen LogP contribution in [0.5, 0.6) is 0 Å². The summed E-state index contributed by atoms with van der Waals surface area (Å²) in [6.45, 7) is 0. The molecule has 1 heteroatoms. The summed E-state index contributed by atoms with van der Waals surface area (Å²) >= 11 is 0. The molecule has 5 rings (SSSR count). The summed E-state index contributed by atoms with van der Waals surface area (Å²) in [4.78, 5) is 0. The van der Waals surface area contributed by atoms with Crippen LogP contribution >= 0.6 is 0 Å². The van der Waals surface area contributed by atoms with Crippen molar-refractivity contribution in [1.29, 1.82) is 0 Å². The first-order valence-corrected chi connectivity index (χ1v) is 11.0. The monoisotopic (exact) mass is 360 g/mol. The third-order valence-corrected chi connectivity index (χ3v) is 7.87. The first-order valence-electron chi connectivity index (χ1n) is 9.42. The van der Waals surface area contributed by atoms with E-state index in [9.17, 15) is 0 Å². The molecule has 0 unspecified atom stereocenters. The first-order chi connectivity index (χ1) is 13.4. The fourth-order valence-electron chi connectivity index (χ4n) is 3.99. The van der Waals surface area contributed by atoms with E-state index in [0.717, 1.165) is 6.42 Å². The lowest BCUT2D eigenvalue weighted by Gasteiger charge is -2.08. The second-order valence-corrected chi connectivity index (χ2v) is 9.31. The molecular weight excluding hydrogens is 340 g/mol. The van der Waals surface area contributed by atoms with E-state index in [1.165, 1.54) is 37.8 Å². The van der Waals surface area contributed by atoms with Crippen LogP contribution in [0.15, 0.2) is 103 Å². The van der Waals surface area contributed by atoms with Crippen molar-refractivity contribution in [2.24, 2.45) is 0 Å².